The molecule has 122 valence electrons. The molecule has 0 fully saturated rings. The Morgan fingerprint density at radius 2 is 1.91 bits per heavy atom. The first kappa shape index (κ1) is 17.5. The van der Waals surface area contributed by atoms with Gasteiger partial charge in [-0.15, -0.1) is 0 Å². The van der Waals surface area contributed by atoms with E-state index in [1.807, 2.05) is 30.3 Å². The van der Waals surface area contributed by atoms with Gasteiger partial charge in [-0.2, -0.15) is 12.6 Å². The average molecular weight is 330 g/mol. The fraction of sp³-hybridized carbons (Fsp3) is 0.389. The molecule has 1 heterocycles. The van der Waals surface area contributed by atoms with Gasteiger partial charge in [0.25, 0.3) is 0 Å². The maximum Gasteiger partial charge on any atom is 0.229 e. The van der Waals surface area contributed by atoms with Crippen molar-refractivity contribution in [3.8, 4) is 0 Å². The second-order valence-electron chi connectivity index (χ2n) is 5.53. The van der Waals surface area contributed by atoms with Crippen LogP contribution in [-0.4, -0.2) is 29.0 Å². The zero-order valence-corrected chi connectivity index (χ0v) is 14.0. The molecule has 0 aliphatic rings. The number of nitrogens with zero attached hydrogens (tertiary/aromatic N) is 1. The number of hydrogen-bond donors (Lipinski definition) is 2. The molecule has 0 aliphatic carbocycles. The van der Waals surface area contributed by atoms with Crippen molar-refractivity contribution in [2.45, 2.75) is 32.1 Å². The average Bonchev–Trinajstić information content (AvgIpc) is 2.58. The molecule has 5 heteroatoms. The second-order valence-corrected chi connectivity index (χ2v) is 5.84. The van der Waals surface area contributed by atoms with Crippen LogP contribution in [0.2, 0.25) is 0 Å². The largest absolute Gasteiger partial charge is 0.355 e. The summed E-state index contributed by atoms with van der Waals surface area (Å²) in [6.45, 7) is 0.654. The molecule has 0 saturated carbocycles. The minimum Gasteiger partial charge on any atom is -0.355 e. The third-order valence-electron chi connectivity index (χ3n) is 3.70. The van der Waals surface area contributed by atoms with Crippen LogP contribution in [0, 0.1) is 0 Å². The summed E-state index contributed by atoms with van der Waals surface area (Å²) in [6, 6.07) is 9.86. The molecule has 2 aromatic rings. The van der Waals surface area contributed by atoms with Crippen LogP contribution in [0.3, 0.4) is 0 Å². The summed E-state index contributed by atoms with van der Waals surface area (Å²) in [5.74, 6) is 0.410. The van der Waals surface area contributed by atoms with Gasteiger partial charge in [0.05, 0.1) is 11.3 Å². The van der Waals surface area contributed by atoms with Crippen molar-refractivity contribution in [1.82, 2.24) is 10.3 Å². The topological polar surface area (TPSA) is 59.1 Å². The molecule has 0 bridgehead atoms. The lowest BCUT2D eigenvalue weighted by Gasteiger charge is -2.06. The molecule has 0 unspecified atom stereocenters. The van der Waals surface area contributed by atoms with Gasteiger partial charge in [0.2, 0.25) is 5.91 Å². The highest BCUT2D eigenvalue weighted by Crippen LogP contribution is 2.17. The number of Topliss-reactive ketones (excluding diaryl/α,β-unsaturated/α-hetero) is 1. The molecule has 0 radical (unpaired) electrons. The Hall–Kier alpha value is -1.88. The lowest BCUT2D eigenvalue weighted by Crippen LogP contribution is -2.25. The van der Waals surface area contributed by atoms with Gasteiger partial charge in [0.1, 0.15) is 5.78 Å². The number of benzene rings is 1. The van der Waals surface area contributed by atoms with Crippen molar-refractivity contribution in [3.63, 3.8) is 0 Å². The number of aromatic nitrogens is 1. The SMILES string of the molecule is O=C(CCCCCNC(=O)CS)Cc1cccc2cccnc12. The third kappa shape index (κ3) is 5.67. The Morgan fingerprint density at radius 3 is 2.74 bits per heavy atom. The Bertz CT molecular complexity index is 668. The molecule has 1 N–H and O–H groups in total. The molecule has 0 atom stereocenters. The number of pyridine rings is 1. The van der Waals surface area contributed by atoms with E-state index in [4.69, 9.17) is 0 Å². The molecule has 0 aliphatic heterocycles. The summed E-state index contributed by atoms with van der Waals surface area (Å²) >= 11 is 3.90. The molecular formula is C18H22N2O2S. The summed E-state index contributed by atoms with van der Waals surface area (Å²) in [5, 5.41) is 3.84. The summed E-state index contributed by atoms with van der Waals surface area (Å²) in [5.41, 5.74) is 1.91. The normalized spacial score (nSPS) is 10.7. The van der Waals surface area contributed by atoms with E-state index < -0.39 is 0 Å². The number of fused-ring (bicyclic) bond motifs is 1. The van der Waals surface area contributed by atoms with Crippen LogP contribution in [0.5, 0.6) is 0 Å². The number of thiol groups is 1. The third-order valence-corrected chi connectivity index (χ3v) is 3.99. The Balaban J connectivity index is 1.73. The summed E-state index contributed by atoms with van der Waals surface area (Å²) in [7, 11) is 0. The molecule has 0 saturated heterocycles. The van der Waals surface area contributed by atoms with E-state index in [9.17, 15) is 9.59 Å². The van der Waals surface area contributed by atoms with Crippen molar-refractivity contribution in [1.29, 1.82) is 0 Å². The van der Waals surface area contributed by atoms with E-state index in [2.05, 4.69) is 22.9 Å². The van der Waals surface area contributed by atoms with E-state index in [1.165, 1.54) is 0 Å². The lowest BCUT2D eigenvalue weighted by molar-refractivity contribution is -0.119. The van der Waals surface area contributed by atoms with Gasteiger partial charge in [-0.05, 0) is 24.5 Å². The number of amides is 1. The summed E-state index contributed by atoms with van der Waals surface area (Å²) in [4.78, 5) is 27.5. The van der Waals surface area contributed by atoms with Crippen molar-refractivity contribution < 1.29 is 9.59 Å². The number of para-hydroxylation sites is 1. The zero-order chi connectivity index (χ0) is 16.5. The van der Waals surface area contributed by atoms with Gasteiger partial charge in [0.15, 0.2) is 0 Å². The molecule has 23 heavy (non-hydrogen) atoms. The number of ketones is 1. The highest BCUT2D eigenvalue weighted by atomic mass is 32.1. The fourth-order valence-corrected chi connectivity index (χ4v) is 2.63. The van der Waals surface area contributed by atoms with Crippen LogP contribution in [-0.2, 0) is 16.0 Å². The molecule has 1 aromatic carbocycles. The predicted octanol–water partition coefficient (Wildman–Crippen LogP) is 2.95. The Kier molecular flexibility index (Phi) is 7.07. The quantitative estimate of drug-likeness (QED) is 0.549. The Morgan fingerprint density at radius 1 is 1.09 bits per heavy atom. The summed E-state index contributed by atoms with van der Waals surface area (Å²) in [6.07, 6.45) is 5.45. The van der Waals surface area contributed by atoms with Crippen molar-refractivity contribution >= 4 is 35.2 Å². The number of nitrogens with one attached hydrogen (secondary N) is 1. The van der Waals surface area contributed by atoms with Gasteiger partial charge in [0, 0.05) is 31.0 Å². The van der Waals surface area contributed by atoms with Gasteiger partial charge >= 0.3 is 0 Å². The maximum atomic E-state index is 12.1. The van der Waals surface area contributed by atoms with E-state index in [-0.39, 0.29) is 17.4 Å². The van der Waals surface area contributed by atoms with Crippen LogP contribution < -0.4 is 5.32 Å². The van der Waals surface area contributed by atoms with E-state index in [0.717, 1.165) is 35.7 Å². The second kappa shape index (κ2) is 9.30. The number of hydrogen-bond acceptors (Lipinski definition) is 4. The van der Waals surface area contributed by atoms with Gasteiger partial charge < -0.3 is 5.32 Å². The molecule has 2 rings (SSSR count). The first-order valence-corrected chi connectivity index (χ1v) is 8.56. The highest BCUT2D eigenvalue weighted by Gasteiger charge is 2.07. The molecule has 4 nitrogen and oxygen atoms in total. The standard InChI is InChI=1S/C18H22N2O2S/c21-16(9-2-1-3-10-19-17(22)13-23)12-15-7-4-6-14-8-5-11-20-18(14)15/h4-8,11,23H,1-3,9-10,12-13H2,(H,19,22). The molecular weight excluding hydrogens is 308 g/mol. The smallest absolute Gasteiger partial charge is 0.229 e. The van der Waals surface area contributed by atoms with Crippen LogP contribution >= 0.6 is 12.6 Å². The van der Waals surface area contributed by atoms with Crippen LogP contribution in [0.15, 0.2) is 36.5 Å². The fourth-order valence-electron chi connectivity index (χ4n) is 2.52. The maximum absolute atomic E-state index is 12.1. The van der Waals surface area contributed by atoms with Gasteiger partial charge in [-0.1, -0.05) is 30.7 Å². The van der Waals surface area contributed by atoms with Crippen molar-refractivity contribution in [3.05, 3.63) is 42.1 Å². The number of unbranched alkanes of at least 4 members (excludes halogenated alkanes) is 2. The van der Waals surface area contributed by atoms with Crippen molar-refractivity contribution in [2.75, 3.05) is 12.3 Å². The van der Waals surface area contributed by atoms with Crippen molar-refractivity contribution in [2.24, 2.45) is 0 Å². The van der Waals surface area contributed by atoms with Gasteiger partial charge in [-0.3, -0.25) is 14.6 Å². The van der Waals surface area contributed by atoms with E-state index in [0.29, 0.717) is 19.4 Å². The zero-order valence-electron chi connectivity index (χ0n) is 13.1. The predicted molar refractivity (Wildman–Crippen MR) is 95.8 cm³/mol. The molecule has 0 spiro atoms. The minimum atomic E-state index is -0.0483. The number of rotatable bonds is 9. The Labute approximate surface area is 142 Å². The van der Waals surface area contributed by atoms with Gasteiger partial charge in [-0.25, -0.2) is 0 Å². The number of carbonyl (C=O) groups is 2. The van der Waals surface area contributed by atoms with Crippen LogP contribution in [0.4, 0.5) is 0 Å². The molecule has 1 aromatic heterocycles. The first-order valence-electron chi connectivity index (χ1n) is 7.92. The monoisotopic (exact) mass is 330 g/mol. The summed E-state index contributed by atoms with van der Waals surface area (Å²) < 4.78 is 0. The minimum absolute atomic E-state index is 0.0483. The first-order chi connectivity index (χ1) is 11.2. The lowest BCUT2D eigenvalue weighted by atomic mass is 10.0. The molecule has 1 amide bonds. The van der Waals surface area contributed by atoms with E-state index >= 15 is 0 Å². The van der Waals surface area contributed by atoms with E-state index in [1.54, 1.807) is 6.20 Å². The highest BCUT2D eigenvalue weighted by molar-refractivity contribution is 7.81. The number of carbonyl (C=O) groups excluding carboxylic acids is 2. The van der Waals surface area contributed by atoms with Crippen LogP contribution in [0.1, 0.15) is 31.2 Å². The van der Waals surface area contributed by atoms with Crippen LogP contribution in [0.25, 0.3) is 10.9 Å².